The summed E-state index contributed by atoms with van der Waals surface area (Å²) in [7, 11) is 0. The fourth-order valence-electron chi connectivity index (χ4n) is 1.94. The van der Waals surface area contributed by atoms with Crippen LogP contribution in [0.4, 0.5) is 5.69 Å². The largest absolute Gasteiger partial charge is 0.374 e. The fraction of sp³-hybridized carbons (Fsp3) is 0.235. The van der Waals surface area contributed by atoms with Crippen molar-refractivity contribution in [2.75, 3.05) is 5.32 Å². The van der Waals surface area contributed by atoms with Gasteiger partial charge in [-0.2, -0.15) is 5.10 Å². The van der Waals surface area contributed by atoms with Gasteiger partial charge in [0.2, 0.25) is 0 Å². The number of rotatable bonds is 5. The molecular weight excluding hydrogens is 403 g/mol. The molecule has 1 aromatic carbocycles. The van der Waals surface area contributed by atoms with Gasteiger partial charge >= 0.3 is 0 Å². The minimum Gasteiger partial charge on any atom is -0.374 e. The van der Waals surface area contributed by atoms with Crippen LogP contribution in [-0.2, 0) is 4.79 Å². The van der Waals surface area contributed by atoms with Gasteiger partial charge in [0, 0.05) is 15.0 Å². The number of pyridine rings is 1. The van der Waals surface area contributed by atoms with Crippen LogP contribution in [0.15, 0.2) is 41.5 Å². The van der Waals surface area contributed by atoms with E-state index in [4.69, 9.17) is 0 Å². The highest BCUT2D eigenvalue weighted by molar-refractivity contribution is 14.1. The molecule has 0 saturated heterocycles. The Kier molecular flexibility index (Phi) is 6.09. The van der Waals surface area contributed by atoms with E-state index < -0.39 is 6.04 Å². The van der Waals surface area contributed by atoms with Crippen LogP contribution in [0.25, 0.3) is 0 Å². The van der Waals surface area contributed by atoms with Crippen LogP contribution in [0, 0.1) is 17.4 Å². The summed E-state index contributed by atoms with van der Waals surface area (Å²) >= 11 is 2.28. The maximum absolute atomic E-state index is 12.0. The summed E-state index contributed by atoms with van der Waals surface area (Å²) in [4.78, 5) is 16.3. The van der Waals surface area contributed by atoms with Crippen molar-refractivity contribution < 1.29 is 4.79 Å². The number of halogens is 1. The van der Waals surface area contributed by atoms with Crippen LogP contribution in [0.1, 0.15) is 23.9 Å². The number of nitrogens with zero attached hydrogens (tertiary/aromatic N) is 2. The third-order valence-corrected chi connectivity index (χ3v) is 4.43. The first-order valence-corrected chi connectivity index (χ1v) is 8.33. The number of nitrogens with one attached hydrogen (secondary N) is 2. The Morgan fingerprint density at radius 1 is 1.30 bits per heavy atom. The molecule has 1 aromatic heterocycles. The van der Waals surface area contributed by atoms with E-state index in [1.165, 1.54) is 15.3 Å². The smallest absolute Gasteiger partial charge is 0.262 e. The summed E-state index contributed by atoms with van der Waals surface area (Å²) in [6.45, 7) is 5.74. The minimum atomic E-state index is -0.392. The summed E-state index contributed by atoms with van der Waals surface area (Å²) in [5, 5.41) is 7.11. The van der Waals surface area contributed by atoms with Crippen molar-refractivity contribution >= 4 is 40.4 Å². The Morgan fingerprint density at radius 3 is 2.78 bits per heavy atom. The summed E-state index contributed by atoms with van der Waals surface area (Å²) in [5.74, 6) is -0.204. The molecule has 2 rings (SSSR count). The molecule has 6 heteroatoms. The Labute approximate surface area is 149 Å². The topological polar surface area (TPSA) is 66.4 Å². The number of aromatic nitrogens is 1. The van der Waals surface area contributed by atoms with E-state index in [1.54, 1.807) is 6.92 Å². The molecule has 0 aliphatic carbocycles. The predicted octanol–water partition coefficient (Wildman–Crippen LogP) is 3.25. The molecule has 1 heterocycles. The Bertz CT molecular complexity index is 730. The van der Waals surface area contributed by atoms with Crippen LogP contribution in [0.2, 0.25) is 0 Å². The third kappa shape index (κ3) is 5.31. The molecule has 1 atom stereocenters. The van der Waals surface area contributed by atoms with Gasteiger partial charge in [0.25, 0.3) is 5.91 Å². The molecule has 1 amide bonds. The molecule has 120 valence electrons. The van der Waals surface area contributed by atoms with E-state index >= 15 is 0 Å². The monoisotopic (exact) mass is 422 g/mol. The predicted molar refractivity (Wildman–Crippen MR) is 102 cm³/mol. The molecular formula is C17H19IN4O. The molecule has 5 nitrogen and oxygen atoms in total. The lowest BCUT2D eigenvalue weighted by Gasteiger charge is -2.14. The van der Waals surface area contributed by atoms with Gasteiger partial charge in [0.15, 0.2) is 0 Å². The summed E-state index contributed by atoms with van der Waals surface area (Å²) in [5.41, 5.74) is 6.22. The average molecular weight is 422 g/mol. The van der Waals surface area contributed by atoms with Crippen molar-refractivity contribution in [1.82, 2.24) is 10.4 Å². The van der Waals surface area contributed by atoms with Crippen molar-refractivity contribution in [3.05, 3.63) is 56.9 Å². The number of hydrogen-bond donors (Lipinski definition) is 2. The molecule has 0 bridgehead atoms. The second-order valence-electron chi connectivity index (χ2n) is 5.27. The van der Waals surface area contributed by atoms with Crippen LogP contribution in [0.3, 0.4) is 0 Å². The van der Waals surface area contributed by atoms with Gasteiger partial charge in [-0.05, 0) is 79.3 Å². The average Bonchev–Trinajstić information content (AvgIpc) is 2.51. The van der Waals surface area contributed by atoms with Crippen LogP contribution in [0.5, 0.6) is 0 Å². The van der Waals surface area contributed by atoms with E-state index in [-0.39, 0.29) is 5.91 Å². The zero-order valence-electron chi connectivity index (χ0n) is 13.3. The van der Waals surface area contributed by atoms with E-state index in [0.717, 1.165) is 11.4 Å². The van der Waals surface area contributed by atoms with E-state index in [1.807, 2.05) is 50.2 Å². The summed E-state index contributed by atoms with van der Waals surface area (Å²) < 4.78 is 1.19. The zero-order chi connectivity index (χ0) is 16.8. The number of carbonyl (C=O) groups is 1. The third-order valence-electron chi connectivity index (χ3n) is 3.22. The number of carbonyl (C=O) groups excluding carboxylic acids is 1. The first-order chi connectivity index (χ1) is 11.0. The second kappa shape index (κ2) is 8.05. The Hall–Kier alpha value is -1.96. The lowest BCUT2D eigenvalue weighted by atomic mass is 10.2. The van der Waals surface area contributed by atoms with Crippen LogP contribution >= 0.6 is 22.6 Å². The number of amides is 1. The molecule has 0 aliphatic rings. The van der Waals surface area contributed by atoms with Gasteiger partial charge in [-0.3, -0.25) is 9.78 Å². The van der Waals surface area contributed by atoms with E-state index in [2.05, 4.69) is 43.4 Å². The molecule has 0 radical (unpaired) electrons. The van der Waals surface area contributed by atoms with Gasteiger partial charge in [-0.15, -0.1) is 0 Å². The number of hydrazone groups is 1. The molecule has 2 N–H and O–H groups in total. The zero-order valence-corrected chi connectivity index (χ0v) is 15.5. The first kappa shape index (κ1) is 17.4. The summed E-state index contributed by atoms with van der Waals surface area (Å²) in [6.07, 6.45) is 1.53. The molecule has 23 heavy (non-hydrogen) atoms. The highest BCUT2D eigenvalue weighted by Gasteiger charge is 2.11. The van der Waals surface area contributed by atoms with Crippen molar-refractivity contribution in [1.29, 1.82) is 0 Å². The minimum absolute atomic E-state index is 0.204. The molecule has 0 aliphatic heterocycles. The highest BCUT2D eigenvalue weighted by Crippen LogP contribution is 2.17. The second-order valence-corrected chi connectivity index (χ2v) is 6.43. The number of hydrogen-bond acceptors (Lipinski definition) is 4. The quantitative estimate of drug-likeness (QED) is 0.442. The number of anilines is 1. The van der Waals surface area contributed by atoms with Gasteiger partial charge < -0.3 is 5.32 Å². The highest BCUT2D eigenvalue weighted by atomic mass is 127. The lowest BCUT2D eigenvalue weighted by Crippen LogP contribution is -2.34. The van der Waals surface area contributed by atoms with Crippen LogP contribution < -0.4 is 10.7 Å². The fourth-order valence-corrected chi connectivity index (χ4v) is 2.28. The number of aryl methyl sites for hydroxylation is 2. The molecule has 0 fully saturated rings. The normalized spacial score (nSPS) is 12.2. The maximum Gasteiger partial charge on any atom is 0.262 e. The number of benzene rings is 1. The summed E-state index contributed by atoms with van der Waals surface area (Å²) in [6, 6.07) is 11.2. The van der Waals surface area contributed by atoms with E-state index in [9.17, 15) is 4.79 Å². The van der Waals surface area contributed by atoms with Gasteiger partial charge in [0.05, 0.1) is 11.9 Å². The van der Waals surface area contributed by atoms with Crippen molar-refractivity contribution in [3.63, 3.8) is 0 Å². The first-order valence-electron chi connectivity index (χ1n) is 7.25. The maximum atomic E-state index is 12.0. The standard InChI is InChI=1S/C17H19IN4O/c1-11-9-14(7-8-16(11)18)21-13(3)17(23)22-19-10-15-6-4-5-12(2)20-15/h4-10,13,21H,1-3H3,(H,22,23)/b19-10-/t13-/m0/s1. The SMILES string of the molecule is Cc1cccc(/C=N\NC(=O)[C@H](C)Nc2ccc(I)c(C)c2)n1. The lowest BCUT2D eigenvalue weighted by molar-refractivity contribution is -0.121. The Balaban J connectivity index is 1.90. The molecule has 0 saturated carbocycles. The van der Waals surface area contributed by atoms with Gasteiger partial charge in [0.1, 0.15) is 6.04 Å². The van der Waals surface area contributed by atoms with Crippen molar-refractivity contribution in [3.8, 4) is 0 Å². The van der Waals surface area contributed by atoms with Gasteiger partial charge in [-0.25, -0.2) is 5.43 Å². The Morgan fingerprint density at radius 2 is 2.09 bits per heavy atom. The van der Waals surface area contributed by atoms with Gasteiger partial charge in [-0.1, -0.05) is 6.07 Å². The molecule has 0 unspecified atom stereocenters. The van der Waals surface area contributed by atoms with Crippen LogP contribution in [-0.4, -0.2) is 23.1 Å². The molecule has 0 spiro atoms. The van der Waals surface area contributed by atoms with Crippen molar-refractivity contribution in [2.24, 2.45) is 5.10 Å². The van der Waals surface area contributed by atoms with E-state index in [0.29, 0.717) is 5.69 Å². The van der Waals surface area contributed by atoms with Crippen molar-refractivity contribution in [2.45, 2.75) is 26.8 Å². The molecule has 2 aromatic rings.